The molecule has 3 rings (SSSR count). The van der Waals surface area contributed by atoms with Crippen molar-refractivity contribution in [2.45, 2.75) is 19.3 Å². The van der Waals surface area contributed by atoms with E-state index in [0.29, 0.717) is 19.5 Å². The third-order valence-electron chi connectivity index (χ3n) is 4.50. The lowest BCUT2D eigenvalue weighted by molar-refractivity contribution is -0.274. The second kappa shape index (κ2) is 8.24. The van der Waals surface area contributed by atoms with Gasteiger partial charge in [0.1, 0.15) is 5.75 Å². The standard InChI is InChI=1S/C21H23F3N2O2/c1-26(2)13-15-12-19(14-5-7-16(8-6-14)28-21(22,23)24)20-18(4-3-10-25-20)17(15)9-11-27/h3-8,12,25,27H,9-11,13H2,1-2H3. The molecule has 0 saturated carbocycles. The molecule has 0 unspecified atom stereocenters. The minimum Gasteiger partial charge on any atom is -0.406 e. The Hall–Kier alpha value is -2.51. The number of rotatable bonds is 6. The van der Waals surface area contributed by atoms with Crippen LogP contribution in [-0.4, -0.2) is 43.6 Å². The SMILES string of the molecule is CN(C)Cc1cc(-c2ccc(OC(F)(F)F)cc2)c2c(c1CCO)C=CCN2. The van der Waals surface area contributed by atoms with E-state index < -0.39 is 6.36 Å². The van der Waals surface area contributed by atoms with Crippen molar-refractivity contribution in [2.24, 2.45) is 0 Å². The molecule has 0 aromatic heterocycles. The molecule has 0 saturated heterocycles. The number of nitrogens with one attached hydrogen (secondary N) is 1. The Balaban J connectivity index is 2.08. The van der Waals surface area contributed by atoms with E-state index in [1.165, 1.54) is 12.1 Å². The summed E-state index contributed by atoms with van der Waals surface area (Å²) in [5.41, 5.74) is 5.82. The zero-order valence-corrected chi connectivity index (χ0v) is 15.8. The van der Waals surface area contributed by atoms with Crippen LogP contribution in [0.25, 0.3) is 17.2 Å². The van der Waals surface area contributed by atoms with Gasteiger partial charge >= 0.3 is 6.36 Å². The van der Waals surface area contributed by atoms with Gasteiger partial charge in [0.15, 0.2) is 0 Å². The summed E-state index contributed by atoms with van der Waals surface area (Å²) < 4.78 is 41.2. The molecule has 0 spiro atoms. The van der Waals surface area contributed by atoms with Crippen LogP contribution in [0.5, 0.6) is 5.75 Å². The number of nitrogens with zero attached hydrogens (tertiary/aromatic N) is 1. The molecular weight excluding hydrogens is 369 g/mol. The number of alkyl halides is 3. The van der Waals surface area contributed by atoms with Gasteiger partial charge in [-0.3, -0.25) is 0 Å². The van der Waals surface area contributed by atoms with Crippen molar-refractivity contribution >= 4 is 11.8 Å². The number of aliphatic hydroxyl groups excluding tert-OH is 1. The molecule has 2 aromatic rings. The van der Waals surface area contributed by atoms with E-state index in [1.807, 2.05) is 31.1 Å². The summed E-state index contributed by atoms with van der Waals surface area (Å²) in [4.78, 5) is 2.05. The zero-order chi connectivity index (χ0) is 20.3. The second-order valence-corrected chi connectivity index (χ2v) is 6.92. The van der Waals surface area contributed by atoms with Crippen LogP contribution in [0.4, 0.5) is 18.9 Å². The van der Waals surface area contributed by atoms with Crippen LogP contribution >= 0.6 is 0 Å². The van der Waals surface area contributed by atoms with Gasteiger partial charge in [-0.1, -0.05) is 24.3 Å². The number of aliphatic hydroxyl groups is 1. The van der Waals surface area contributed by atoms with Crippen molar-refractivity contribution in [1.29, 1.82) is 0 Å². The highest BCUT2D eigenvalue weighted by atomic mass is 19.4. The van der Waals surface area contributed by atoms with Crippen molar-refractivity contribution in [3.8, 4) is 16.9 Å². The molecule has 0 radical (unpaired) electrons. The molecule has 0 bridgehead atoms. The van der Waals surface area contributed by atoms with Crippen LogP contribution in [0.15, 0.2) is 36.4 Å². The summed E-state index contributed by atoms with van der Waals surface area (Å²) in [6.45, 7) is 1.41. The van der Waals surface area contributed by atoms with E-state index in [0.717, 1.165) is 33.5 Å². The lowest BCUT2D eigenvalue weighted by Gasteiger charge is -2.25. The number of fused-ring (bicyclic) bond motifs is 1. The summed E-state index contributed by atoms with van der Waals surface area (Å²) in [5, 5.41) is 12.9. The average molecular weight is 392 g/mol. The lowest BCUT2D eigenvalue weighted by Crippen LogP contribution is -2.17. The third kappa shape index (κ3) is 4.66. The number of benzene rings is 2. The molecule has 0 amide bonds. The van der Waals surface area contributed by atoms with Crippen LogP contribution in [0.1, 0.15) is 16.7 Å². The molecule has 4 nitrogen and oxygen atoms in total. The van der Waals surface area contributed by atoms with Crippen molar-refractivity contribution in [2.75, 3.05) is 32.6 Å². The fourth-order valence-corrected chi connectivity index (χ4v) is 3.47. The van der Waals surface area contributed by atoms with Gasteiger partial charge in [-0.25, -0.2) is 0 Å². The van der Waals surface area contributed by atoms with Crippen LogP contribution < -0.4 is 10.1 Å². The summed E-state index contributed by atoms with van der Waals surface area (Å²) in [6.07, 6.45) is -0.110. The van der Waals surface area contributed by atoms with Crippen molar-refractivity contribution in [3.63, 3.8) is 0 Å². The fraction of sp³-hybridized carbons (Fsp3) is 0.333. The van der Waals surface area contributed by atoms with E-state index >= 15 is 0 Å². The van der Waals surface area contributed by atoms with E-state index in [9.17, 15) is 18.3 Å². The van der Waals surface area contributed by atoms with Crippen molar-refractivity contribution < 1.29 is 23.0 Å². The van der Waals surface area contributed by atoms with Crippen molar-refractivity contribution in [1.82, 2.24) is 4.90 Å². The quantitative estimate of drug-likeness (QED) is 0.770. The second-order valence-electron chi connectivity index (χ2n) is 6.92. The monoisotopic (exact) mass is 392 g/mol. The van der Waals surface area contributed by atoms with Crippen LogP contribution in [0, 0.1) is 0 Å². The van der Waals surface area contributed by atoms with Gasteiger partial charge in [0, 0.05) is 36.5 Å². The maximum atomic E-state index is 12.4. The van der Waals surface area contributed by atoms with Gasteiger partial charge in [0.05, 0.1) is 0 Å². The summed E-state index contributed by atoms with van der Waals surface area (Å²) in [5.74, 6) is -0.247. The maximum Gasteiger partial charge on any atom is 0.573 e. The Bertz CT molecular complexity index is 859. The molecule has 0 atom stereocenters. The number of hydrogen-bond donors (Lipinski definition) is 2. The molecular formula is C21H23F3N2O2. The highest BCUT2D eigenvalue weighted by Gasteiger charge is 2.31. The number of hydrogen-bond acceptors (Lipinski definition) is 4. The summed E-state index contributed by atoms with van der Waals surface area (Å²) in [6, 6.07) is 7.95. The van der Waals surface area contributed by atoms with Crippen LogP contribution in [0.2, 0.25) is 0 Å². The third-order valence-corrected chi connectivity index (χ3v) is 4.50. The molecule has 150 valence electrons. The number of anilines is 1. The molecule has 1 aliphatic heterocycles. The zero-order valence-electron chi connectivity index (χ0n) is 15.8. The summed E-state index contributed by atoms with van der Waals surface area (Å²) >= 11 is 0. The Labute approximate surface area is 162 Å². The van der Waals surface area contributed by atoms with Crippen LogP contribution in [-0.2, 0) is 13.0 Å². The van der Waals surface area contributed by atoms with Gasteiger partial charge in [-0.2, -0.15) is 0 Å². The largest absolute Gasteiger partial charge is 0.573 e. The van der Waals surface area contributed by atoms with Crippen molar-refractivity contribution in [3.05, 3.63) is 53.1 Å². The van der Waals surface area contributed by atoms with Gasteiger partial charge in [0.25, 0.3) is 0 Å². The first kappa shape index (κ1) is 20.2. The van der Waals surface area contributed by atoms with Gasteiger partial charge in [-0.15, -0.1) is 13.2 Å². The van der Waals surface area contributed by atoms with E-state index in [-0.39, 0.29) is 12.4 Å². The Morgan fingerprint density at radius 3 is 2.50 bits per heavy atom. The van der Waals surface area contributed by atoms with Gasteiger partial charge in [-0.05, 0) is 55.4 Å². The first-order chi connectivity index (χ1) is 13.3. The lowest BCUT2D eigenvalue weighted by atomic mass is 9.88. The minimum atomic E-state index is -4.71. The summed E-state index contributed by atoms with van der Waals surface area (Å²) in [7, 11) is 3.94. The molecule has 0 fully saturated rings. The molecule has 1 aliphatic rings. The van der Waals surface area contributed by atoms with Gasteiger partial charge in [0.2, 0.25) is 0 Å². The number of halogens is 3. The first-order valence-electron chi connectivity index (χ1n) is 8.99. The first-order valence-corrected chi connectivity index (χ1v) is 8.99. The topological polar surface area (TPSA) is 44.7 Å². The molecule has 0 aliphatic carbocycles. The fourth-order valence-electron chi connectivity index (χ4n) is 3.47. The molecule has 7 heteroatoms. The number of ether oxygens (including phenoxy) is 1. The van der Waals surface area contributed by atoms with Crippen LogP contribution in [0.3, 0.4) is 0 Å². The van der Waals surface area contributed by atoms with E-state index in [4.69, 9.17) is 0 Å². The molecule has 28 heavy (non-hydrogen) atoms. The molecule has 2 aromatic carbocycles. The minimum absolute atomic E-state index is 0.0452. The normalized spacial score (nSPS) is 13.4. The van der Waals surface area contributed by atoms with Gasteiger partial charge < -0.3 is 20.1 Å². The highest BCUT2D eigenvalue weighted by Crippen LogP contribution is 2.39. The average Bonchev–Trinajstić information content (AvgIpc) is 2.62. The predicted molar refractivity (Wildman–Crippen MR) is 104 cm³/mol. The smallest absolute Gasteiger partial charge is 0.406 e. The molecule has 2 N–H and O–H groups in total. The highest BCUT2D eigenvalue weighted by molar-refractivity contribution is 5.88. The Morgan fingerprint density at radius 1 is 1.18 bits per heavy atom. The maximum absolute atomic E-state index is 12.4. The van der Waals surface area contributed by atoms with E-state index in [2.05, 4.69) is 16.1 Å². The Kier molecular flexibility index (Phi) is 5.96. The van der Waals surface area contributed by atoms with E-state index in [1.54, 1.807) is 12.1 Å². The predicted octanol–water partition coefficient (Wildman–Crippen LogP) is 4.29. The molecule has 1 heterocycles. The Morgan fingerprint density at radius 2 is 1.89 bits per heavy atom.